The van der Waals surface area contributed by atoms with Crippen molar-refractivity contribution in [3.05, 3.63) is 22.8 Å². The molecule has 1 aromatic rings. The maximum absolute atomic E-state index is 11.3. The summed E-state index contributed by atoms with van der Waals surface area (Å²) in [4.78, 5) is 21.8. The molecule has 0 heterocycles. The number of ketones is 1. The smallest absolute Gasteiger partial charge is 0.377 e. The Labute approximate surface area is 92.0 Å². The minimum Gasteiger partial charge on any atom is -0.507 e. The largest absolute Gasteiger partial charge is 0.507 e. The standard InChI is InChI=1S/C11H12O5/c1-3-6-8(12)5(2)4-7(9(6)13)10(14)11(15)16/h4,12-13H,3H2,1-2H3,(H,15,16). The van der Waals surface area contributed by atoms with E-state index in [4.69, 9.17) is 5.11 Å². The van der Waals surface area contributed by atoms with E-state index in [1.165, 1.54) is 13.0 Å². The summed E-state index contributed by atoms with van der Waals surface area (Å²) in [6.45, 7) is 3.22. The zero-order valence-electron chi connectivity index (χ0n) is 8.94. The molecule has 1 rings (SSSR count). The lowest BCUT2D eigenvalue weighted by molar-refractivity contribution is -0.131. The Morgan fingerprint density at radius 1 is 1.25 bits per heavy atom. The molecule has 0 unspecified atom stereocenters. The van der Waals surface area contributed by atoms with E-state index >= 15 is 0 Å². The number of carboxylic acids is 1. The van der Waals surface area contributed by atoms with Gasteiger partial charge in [-0.1, -0.05) is 6.92 Å². The molecule has 0 amide bonds. The summed E-state index contributed by atoms with van der Waals surface area (Å²) in [6.07, 6.45) is 0.305. The van der Waals surface area contributed by atoms with Gasteiger partial charge in [-0.05, 0) is 25.0 Å². The van der Waals surface area contributed by atoms with Crippen LogP contribution in [0.5, 0.6) is 11.5 Å². The van der Waals surface area contributed by atoms with Crippen LogP contribution in [0.1, 0.15) is 28.4 Å². The highest BCUT2D eigenvalue weighted by molar-refractivity contribution is 6.40. The number of phenolic OH excluding ortho intramolecular Hbond substituents is 2. The number of carbonyl (C=O) groups excluding carboxylic acids is 1. The molecule has 0 bridgehead atoms. The molecule has 0 saturated heterocycles. The molecular formula is C11H12O5. The van der Waals surface area contributed by atoms with Crippen molar-refractivity contribution in [2.75, 3.05) is 0 Å². The van der Waals surface area contributed by atoms with E-state index in [9.17, 15) is 19.8 Å². The molecule has 5 heteroatoms. The molecule has 0 aliphatic rings. The first-order valence-corrected chi connectivity index (χ1v) is 4.72. The fourth-order valence-corrected chi connectivity index (χ4v) is 1.49. The zero-order chi connectivity index (χ0) is 12.5. The van der Waals surface area contributed by atoms with Gasteiger partial charge in [-0.2, -0.15) is 0 Å². The minimum atomic E-state index is -1.64. The van der Waals surface area contributed by atoms with Crippen molar-refractivity contribution in [2.45, 2.75) is 20.3 Å². The highest BCUT2D eigenvalue weighted by Gasteiger charge is 2.23. The molecular weight excluding hydrogens is 212 g/mol. The molecule has 0 aromatic heterocycles. The Morgan fingerprint density at radius 3 is 2.25 bits per heavy atom. The van der Waals surface area contributed by atoms with Crippen LogP contribution < -0.4 is 0 Å². The first-order valence-electron chi connectivity index (χ1n) is 4.72. The van der Waals surface area contributed by atoms with Crippen LogP contribution in [0.2, 0.25) is 0 Å². The number of aryl methyl sites for hydroxylation is 1. The van der Waals surface area contributed by atoms with Gasteiger partial charge in [-0.25, -0.2) is 4.79 Å². The highest BCUT2D eigenvalue weighted by atomic mass is 16.4. The Kier molecular flexibility index (Phi) is 3.17. The van der Waals surface area contributed by atoms with Gasteiger partial charge in [0.15, 0.2) is 0 Å². The summed E-state index contributed by atoms with van der Waals surface area (Å²) in [5.74, 6) is -3.39. The van der Waals surface area contributed by atoms with E-state index in [1.54, 1.807) is 6.92 Å². The van der Waals surface area contributed by atoms with Crippen molar-refractivity contribution in [1.82, 2.24) is 0 Å². The molecule has 86 valence electrons. The Balaban J connectivity index is 3.48. The number of hydrogen-bond acceptors (Lipinski definition) is 4. The molecule has 5 nitrogen and oxygen atoms in total. The van der Waals surface area contributed by atoms with Gasteiger partial charge in [-0.3, -0.25) is 4.79 Å². The topological polar surface area (TPSA) is 94.8 Å². The normalized spacial score (nSPS) is 10.1. The second-order valence-electron chi connectivity index (χ2n) is 3.40. The molecule has 16 heavy (non-hydrogen) atoms. The second kappa shape index (κ2) is 4.22. The maximum atomic E-state index is 11.3. The Morgan fingerprint density at radius 2 is 1.81 bits per heavy atom. The van der Waals surface area contributed by atoms with Crippen molar-refractivity contribution in [3.63, 3.8) is 0 Å². The first kappa shape index (κ1) is 12.0. The number of aromatic hydroxyl groups is 2. The fourth-order valence-electron chi connectivity index (χ4n) is 1.49. The number of benzene rings is 1. The average molecular weight is 224 g/mol. The average Bonchev–Trinajstić information content (AvgIpc) is 2.23. The molecule has 0 fully saturated rings. The lowest BCUT2D eigenvalue weighted by Gasteiger charge is -2.11. The van der Waals surface area contributed by atoms with Crippen LogP contribution in [0.25, 0.3) is 0 Å². The van der Waals surface area contributed by atoms with E-state index in [-0.39, 0.29) is 16.9 Å². The Hall–Kier alpha value is -2.04. The van der Waals surface area contributed by atoms with E-state index in [0.29, 0.717) is 12.0 Å². The van der Waals surface area contributed by atoms with Crippen LogP contribution in [0.4, 0.5) is 0 Å². The lowest BCUT2D eigenvalue weighted by Crippen LogP contribution is -2.13. The van der Waals surface area contributed by atoms with Gasteiger partial charge in [0.2, 0.25) is 0 Å². The lowest BCUT2D eigenvalue weighted by atomic mass is 9.99. The summed E-state index contributed by atoms with van der Waals surface area (Å²) in [7, 11) is 0. The SMILES string of the molecule is CCc1c(O)c(C)cc(C(=O)C(=O)O)c1O. The molecule has 0 aliphatic carbocycles. The predicted octanol–water partition coefficient (Wildman–Crippen LogP) is 1.24. The molecule has 0 atom stereocenters. The summed E-state index contributed by atoms with van der Waals surface area (Å²) in [6, 6.07) is 1.17. The summed E-state index contributed by atoms with van der Waals surface area (Å²) >= 11 is 0. The molecule has 3 N–H and O–H groups in total. The van der Waals surface area contributed by atoms with E-state index in [0.717, 1.165) is 0 Å². The quantitative estimate of drug-likeness (QED) is 0.530. The summed E-state index contributed by atoms with van der Waals surface area (Å²) in [5, 5.41) is 27.8. The third kappa shape index (κ3) is 1.84. The number of rotatable bonds is 3. The van der Waals surface area contributed by atoms with Crippen LogP contribution in [-0.2, 0) is 11.2 Å². The van der Waals surface area contributed by atoms with Gasteiger partial charge in [0.1, 0.15) is 11.5 Å². The van der Waals surface area contributed by atoms with Gasteiger partial charge in [0.25, 0.3) is 5.78 Å². The highest BCUT2D eigenvalue weighted by Crippen LogP contribution is 2.34. The summed E-state index contributed by atoms with van der Waals surface area (Å²) in [5.41, 5.74) is 0.253. The first-order chi connectivity index (χ1) is 7.40. The van der Waals surface area contributed by atoms with E-state index in [2.05, 4.69) is 0 Å². The van der Waals surface area contributed by atoms with Crippen molar-refractivity contribution in [3.8, 4) is 11.5 Å². The molecule has 0 spiro atoms. The van der Waals surface area contributed by atoms with Gasteiger partial charge >= 0.3 is 5.97 Å². The second-order valence-corrected chi connectivity index (χ2v) is 3.40. The molecule has 1 aromatic carbocycles. The van der Waals surface area contributed by atoms with Gasteiger partial charge in [0, 0.05) is 5.56 Å². The predicted molar refractivity (Wildman–Crippen MR) is 55.9 cm³/mol. The van der Waals surface area contributed by atoms with Crippen LogP contribution in [-0.4, -0.2) is 27.1 Å². The van der Waals surface area contributed by atoms with Gasteiger partial charge < -0.3 is 15.3 Å². The molecule has 0 radical (unpaired) electrons. The third-order valence-electron chi connectivity index (χ3n) is 2.35. The number of carboxylic acid groups (broad SMARTS) is 1. The van der Waals surface area contributed by atoms with Crippen molar-refractivity contribution < 1.29 is 24.9 Å². The van der Waals surface area contributed by atoms with Crippen molar-refractivity contribution in [1.29, 1.82) is 0 Å². The zero-order valence-corrected chi connectivity index (χ0v) is 8.94. The van der Waals surface area contributed by atoms with Gasteiger partial charge in [-0.15, -0.1) is 0 Å². The number of carbonyl (C=O) groups is 2. The van der Waals surface area contributed by atoms with E-state index < -0.39 is 17.5 Å². The fraction of sp³-hybridized carbons (Fsp3) is 0.273. The number of hydrogen-bond donors (Lipinski definition) is 3. The number of Topliss-reactive ketones (excluding diaryl/α,β-unsaturated/α-hetero) is 1. The minimum absolute atomic E-state index is 0.109. The molecule has 0 saturated carbocycles. The van der Waals surface area contributed by atoms with Crippen LogP contribution in [0, 0.1) is 6.92 Å². The van der Waals surface area contributed by atoms with Crippen LogP contribution in [0.15, 0.2) is 6.07 Å². The van der Waals surface area contributed by atoms with Crippen molar-refractivity contribution >= 4 is 11.8 Å². The summed E-state index contributed by atoms with van der Waals surface area (Å²) < 4.78 is 0. The third-order valence-corrected chi connectivity index (χ3v) is 2.35. The molecule has 0 aliphatic heterocycles. The van der Waals surface area contributed by atoms with Crippen LogP contribution >= 0.6 is 0 Å². The maximum Gasteiger partial charge on any atom is 0.377 e. The van der Waals surface area contributed by atoms with Gasteiger partial charge in [0.05, 0.1) is 5.56 Å². The van der Waals surface area contributed by atoms with Crippen LogP contribution in [0.3, 0.4) is 0 Å². The van der Waals surface area contributed by atoms with E-state index in [1.807, 2.05) is 0 Å². The number of phenols is 2. The number of aliphatic carboxylic acids is 1. The monoisotopic (exact) mass is 224 g/mol. The van der Waals surface area contributed by atoms with Crippen molar-refractivity contribution in [2.24, 2.45) is 0 Å². The Bertz CT molecular complexity index is 462.